The van der Waals surface area contributed by atoms with Gasteiger partial charge in [0, 0.05) is 42.5 Å². The van der Waals surface area contributed by atoms with Crippen LogP contribution in [0.15, 0.2) is 24.0 Å². The number of nitrogens with zero attached hydrogens (tertiary/aromatic N) is 3. The zero-order valence-electron chi connectivity index (χ0n) is 12.0. The molecule has 0 bridgehead atoms. The molecule has 0 spiro atoms. The van der Waals surface area contributed by atoms with Crippen LogP contribution in [0.1, 0.15) is 27.3 Å². The lowest BCUT2D eigenvalue weighted by Crippen LogP contribution is -2.26. The van der Waals surface area contributed by atoms with Gasteiger partial charge in [-0.2, -0.15) is 0 Å². The highest BCUT2D eigenvalue weighted by atomic mass is 32.1. The largest absolute Gasteiger partial charge is 0.395 e. The molecule has 0 radical (unpaired) electrons. The van der Waals surface area contributed by atoms with E-state index in [1.165, 1.54) is 0 Å². The summed E-state index contributed by atoms with van der Waals surface area (Å²) in [4.78, 5) is 18.9. The van der Waals surface area contributed by atoms with E-state index in [-0.39, 0.29) is 12.5 Å². The summed E-state index contributed by atoms with van der Waals surface area (Å²) >= 11 is 1.57. The lowest BCUT2D eigenvalue weighted by Gasteiger charge is -2.14. The summed E-state index contributed by atoms with van der Waals surface area (Å²) in [7, 11) is 3.59. The number of thiophene rings is 1. The molecule has 0 saturated heterocycles. The molecule has 0 aliphatic heterocycles. The number of carbonyl (C=O) groups is 1. The molecule has 1 amide bonds. The molecular formula is C15H17N3O2S. The Morgan fingerprint density at radius 3 is 3.05 bits per heavy atom. The van der Waals surface area contributed by atoms with Crippen molar-refractivity contribution in [3.63, 3.8) is 0 Å². The molecule has 0 atom stereocenters. The molecule has 0 aliphatic rings. The van der Waals surface area contributed by atoms with E-state index in [9.17, 15) is 4.79 Å². The van der Waals surface area contributed by atoms with E-state index >= 15 is 0 Å². The van der Waals surface area contributed by atoms with Crippen LogP contribution in [0.5, 0.6) is 0 Å². The number of rotatable bonds is 4. The van der Waals surface area contributed by atoms with Crippen LogP contribution in [0.2, 0.25) is 0 Å². The highest BCUT2D eigenvalue weighted by Gasteiger charge is 2.15. The van der Waals surface area contributed by atoms with E-state index in [0.29, 0.717) is 18.7 Å². The van der Waals surface area contributed by atoms with Gasteiger partial charge in [-0.05, 0) is 6.07 Å². The molecule has 0 fully saturated rings. The summed E-state index contributed by atoms with van der Waals surface area (Å²) in [5, 5.41) is 10.6. The standard InChI is InChI=1S/C15H17N3O2S/c1-17-9-14(16-11-17)15(20)18(2)8-13-7-12(10-21-13)5-3-4-6-19/h7,9-11,19H,4,6,8H2,1-2H3. The van der Waals surface area contributed by atoms with Gasteiger partial charge in [-0.25, -0.2) is 4.98 Å². The predicted molar refractivity (Wildman–Crippen MR) is 81.9 cm³/mol. The lowest BCUT2D eigenvalue weighted by molar-refractivity contribution is 0.0781. The molecule has 2 aromatic heterocycles. The number of carbonyl (C=O) groups excluding carboxylic acids is 1. The zero-order valence-corrected chi connectivity index (χ0v) is 12.9. The Bertz CT molecular complexity index is 678. The molecule has 0 saturated carbocycles. The number of aromatic nitrogens is 2. The molecule has 21 heavy (non-hydrogen) atoms. The van der Waals surface area contributed by atoms with Crippen molar-refractivity contribution in [2.75, 3.05) is 13.7 Å². The van der Waals surface area contributed by atoms with Gasteiger partial charge in [-0.1, -0.05) is 11.8 Å². The fourth-order valence-electron chi connectivity index (χ4n) is 1.77. The molecule has 0 aromatic carbocycles. The Labute approximate surface area is 127 Å². The number of aliphatic hydroxyl groups is 1. The van der Waals surface area contributed by atoms with Gasteiger partial charge in [0.05, 0.1) is 19.5 Å². The third-order valence-corrected chi connectivity index (χ3v) is 3.71. The van der Waals surface area contributed by atoms with Crippen LogP contribution in [0.3, 0.4) is 0 Å². The van der Waals surface area contributed by atoms with Crippen molar-refractivity contribution in [2.24, 2.45) is 7.05 Å². The third-order valence-electron chi connectivity index (χ3n) is 2.79. The molecular weight excluding hydrogens is 286 g/mol. The van der Waals surface area contributed by atoms with E-state index in [1.54, 1.807) is 40.4 Å². The summed E-state index contributed by atoms with van der Waals surface area (Å²) in [6.45, 7) is 0.604. The van der Waals surface area contributed by atoms with E-state index in [0.717, 1.165) is 10.4 Å². The van der Waals surface area contributed by atoms with Crippen LogP contribution in [0, 0.1) is 11.8 Å². The second-order valence-electron chi connectivity index (χ2n) is 4.66. The first-order valence-electron chi connectivity index (χ1n) is 6.50. The Balaban J connectivity index is 1.98. The van der Waals surface area contributed by atoms with Gasteiger partial charge in [0.2, 0.25) is 0 Å². The predicted octanol–water partition coefficient (Wildman–Crippen LogP) is 1.49. The molecule has 0 unspecified atom stereocenters. The second-order valence-corrected chi connectivity index (χ2v) is 5.66. The molecule has 110 valence electrons. The first kappa shape index (κ1) is 15.3. The van der Waals surface area contributed by atoms with Crippen LogP contribution in [-0.4, -0.2) is 39.1 Å². The minimum absolute atomic E-state index is 0.0747. The number of amides is 1. The Kier molecular flexibility index (Phi) is 5.14. The van der Waals surface area contributed by atoms with Crippen LogP contribution in [0.4, 0.5) is 0 Å². The molecule has 5 nitrogen and oxygen atoms in total. The van der Waals surface area contributed by atoms with E-state index < -0.39 is 0 Å². The monoisotopic (exact) mass is 303 g/mol. The highest BCUT2D eigenvalue weighted by Crippen LogP contribution is 2.16. The van der Waals surface area contributed by atoms with Gasteiger partial charge in [-0.3, -0.25) is 4.79 Å². The summed E-state index contributed by atoms with van der Waals surface area (Å²) in [6, 6.07) is 1.97. The molecule has 2 heterocycles. The maximum atomic E-state index is 12.2. The lowest BCUT2D eigenvalue weighted by atomic mass is 10.3. The van der Waals surface area contributed by atoms with Crippen LogP contribution >= 0.6 is 11.3 Å². The van der Waals surface area contributed by atoms with Crippen LogP contribution in [-0.2, 0) is 13.6 Å². The fourth-order valence-corrected chi connectivity index (χ4v) is 2.64. The Morgan fingerprint density at radius 2 is 2.38 bits per heavy atom. The molecule has 2 aromatic rings. The van der Waals surface area contributed by atoms with Crippen molar-refractivity contribution < 1.29 is 9.90 Å². The molecule has 6 heteroatoms. The van der Waals surface area contributed by atoms with Crippen molar-refractivity contribution in [3.8, 4) is 11.8 Å². The smallest absolute Gasteiger partial charge is 0.274 e. The average molecular weight is 303 g/mol. The number of aryl methyl sites for hydroxylation is 1. The van der Waals surface area contributed by atoms with Gasteiger partial charge >= 0.3 is 0 Å². The summed E-state index contributed by atoms with van der Waals surface area (Å²) in [5.41, 5.74) is 1.36. The van der Waals surface area contributed by atoms with Crippen molar-refractivity contribution >= 4 is 17.2 Å². The number of hydrogen-bond donors (Lipinski definition) is 1. The second kappa shape index (κ2) is 7.07. The first-order valence-corrected chi connectivity index (χ1v) is 7.38. The van der Waals surface area contributed by atoms with Gasteiger partial charge in [0.1, 0.15) is 5.69 Å². The number of imidazole rings is 1. The zero-order chi connectivity index (χ0) is 15.2. The SMILES string of the molecule is CN(Cc1cc(C#CCCO)cs1)C(=O)c1cn(C)cn1. The molecule has 0 aliphatic carbocycles. The van der Waals surface area contributed by atoms with Gasteiger partial charge in [-0.15, -0.1) is 11.3 Å². The van der Waals surface area contributed by atoms with Crippen LogP contribution in [0.25, 0.3) is 0 Å². The summed E-state index contributed by atoms with van der Waals surface area (Å²) in [6.07, 6.45) is 3.80. The van der Waals surface area contributed by atoms with E-state index in [1.807, 2.05) is 18.5 Å². The molecule has 1 N–H and O–H groups in total. The number of aliphatic hydroxyl groups excluding tert-OH is 1. The van der Waals surface area contributed by atoms with Crippen molar-refractivity contribution in [1.29, 1.82) is 0 Å². The quantitative estimate of drug-likeness (QED) is 0.871. The first-order chi connectivity index (χ1) is 10.1. The Morgan fingerprint density at radius 1 is 1.57 bits per heavy atom. The molecule has 2 rings (SSSR count). The number of hydrogen-bond acceptors (Lipinski definition) is 4. The van der Waals surface area contributed by atoms with E-state index in [4.69, 9.17) is 5.11 Å². The summed E-state index contributed by atoms with van der Waals surface area (Å²) in [5.74, 6) is 5.77. The van der Waals surface area contributed by atoms with Crippen molar-refractivity contribution in [3.05, 3.63) is 40.1 Å². The fraction of sp³-hybridized carbons (Fsp3) is 0.333. The summed E-state index contributed by atoms with van der Waals surface area (Å²) < 4.78 is 1.75. The maximum absolute atomic E-state index is 12.2. The normalized spacial score (nSPS) is 10.0. The van der Waals surface area contributed by atoms with Gasteiger partial charge in [0.15, 0.2) is 0 Å². The minimum atomic E-state index is -0.100. The average Bonchev–Trinajstić information content (AvgIpc) is 3.07. The van der Waals surface area contributed by atoms with Crippen LogP contribution < -0.4 is 0 Å². The van der Waals surface area contributed by atoms with Gasteiger partial charge in [0.25, 0.3) is 5.91 Å². The maximum Gasteiger partial charge on any atom is 0.274 e. The third kappa shape index (κ3) is 4.18. The van der Waals surface area contributed by atoms with E-state index in [2.05, 4.69) is 16.8 Å². The minimum Gasteiger partial charge on any atom is -0.395 e. The van der Waals surface area contributed by atoms with Gasteiger partial charge < -0.3 is 14.6 Å². The van der Waals surface area contributed by atoms with Crippen molar-refractivity contribution in [1.82, 2.24) is 14.5 Å². The topological polar surface area (TPSA) is 58.4 Å². The van der Waals surface area contributed by atoms with Crippen molar-refractivity contribution in [2.45, 2.75) is 13.0 Å². The highest BCUT2D eigenvalue weighted by molar-refractivity contribution is 7.10. The Hall–Kier alpha value is -2.10.